The van der Waals surface area contributed by atoms with E-state index in [9.17, 15) is 4.79 Å². The highest BCUT2D eigenvalue weighted by molar-refractivity contribution is 5.85. The highest BCUT2D eigenvalue weighted by atomic mass is 35.5. The van der Waals surface area contributed by atoms with Crippen molar-refractivity contribution in [1.29, 1.82) is 0 Å². The van der Waals surface area contributed by atoms with Crippen LogP contribution in [0.5, 0.6) is 0 Å². The number of nitrogens with zero attached hydrogens (tertiary/aromatic N) is 1. The van der Waals surface area contributed by atoms with Crippen LogP contribution in [0.3, 0.4) is 0 Å². The number of carbonyl (C=O) groups excluding carboxylic acids is 1. The summed E-state index contributed by atoms with van der Waals surface area (Å²) in [6, 6.07) is 18.1. The summed E-state index contributed by atoms with van der Waals surface area (Å²) in [4.78, 5) is 14.2. The molecule has 1 amide bonds. The van der Waals surface area contributed by atoms with Crippen molar-refractivity contribution in [3.8, 4) is 0 Å². The molecule has 0 aliphatic carbocycles. The van der Waals surface area contributed by atoms with Gasteiger partial charge in [-0.3, -0.25) is 4.79 Å². The van der Waals surface area contributed by atoms with Crippen LogP contribution in [0.4, 0.5) is 11.4 Å². The average molecular weight is 384 g/mol. The zero-order valence-corrected chi connectivity index (χ0v) is 16.3. The molecule has 0 saturated carbocycles. The Morgan fingerprint density at radius 2 is 1.68 bits per heavy atom. The van der Waals surface area contributed by atoms with Crippen molar-refractivity contribution in [2.75, 3.05) is 24.2 Å². The van der Waals surface area contributed by atoms with Gasteiger partial charge in [0.15, 0.2) is 0 Å². The number of rotatable bonds is 7. The number of likely N-dealkylation sites (N-methyl/N-ethyl adjacent to an activating group) is 1. The fourth-order valence-electron chi connectivity index (χ4n) is 2.41. The molecule has 0 saturated heterocycles. The molecule has 0 aliphatic rings. The molecule has 2 rings (SSSR count). The average Bonchev–Trinajstić information content (AvgIpc) is 2.59. The number of nitrogen functional groups attached to an aromatic ring is 1. The molecule has 1 atom stereocenters. The van der Waals surface area contributed by atoms with E-state index in [1.807, 2.05) is 49.5 Å². The molecule has 0 spiro atoms. The minimum atomic E-state index is 0. The molecule has 0 aromatic heterocycles. The first-order chi connectivity index (χ1) is 11.1. The third-order valence-electron chi connectivity index (χ3n) is 4.10. The maximum Gasteiger partial charge on any atom is 0.220 e. The summed E-state index contributed by atoms with van der Waals surface area (Å²) in [6.07, 6.45) is 1.12. The second kappa shape index (κ2) is 11.6. The Hall–Kier alpha value is -1.91. The van der Waals surface area contributed by atoms with Crippen molar-refractivity contribution < 1.29 is 4.79 Å². The van der Waals surface area contributed by atoms with E-state index < -0.39 is 0 Å². The van der Waals surface area contributed by atoms with Crippen LogP contribution in [0.2, 0.25) is 0 Å². The lowest BCUT2D eigenvalue weighted by atomic mass is 10.1. The van der Waals surface area contributed by atoms with Gasteiger partial charge in [0.1, 0.15) is 0 Å². The van der Waals surface area contributed by atoms with Gasteiger partial charge in [-0.05, 0) is 37.1 Å². The number of carbonyl (C=O) groups is 1. The number of hydrogen-bond acceptors (Lipinski definition) is 3. The van der Waals surface area contributed by atoms with Crippen LogP contribution in [0.25, 0.3) is 0 Å². The van der Waals surface area contributed by atoms with Gasteiger partial charge >= 0.3 is 0 Å². The summed E-state index contributed by atoms with van der Waals surface area (Å²) < 4.78 is 0. The van der Waals surface area contributed by atoms with E-state index in [-0.39, 0.29) is 36.8 Å². The standard InChI is InChI=1S/C19H25N3O.2ClH/c1-15(22(2)17-9-4-3-5-10-17)14-21-19(23)13-12-16-8-6-7-11-18(16)20;;/h3-11,15H,12-14,20H2,1-2H3,(H,21,23);2*1H. The number of amides is 1. The van der Waals surface area contributed by atoms with E-state index in [0.29, 0.717) is 19.4 Å². The van der Waals surface area contributed by atoms with Crippen LogP contribution in [-0.2, 0) is 11.2 Å². The van der Waals surface area contributed by atoms with Gasteiger partial charge in [-0.25, -0.2) is 0 Å². The third kappa shape index (κ3) is 7.24. The normalized spacial score (nSPS) is 10.8. The second-order valence-electron chi connectivity index (χ2n) is 5.80. The summed E-state index contributed by atoms with van der Waals surface area (Å²) in [5.74, 6) is 0.0570. The first kappa shape index (κ1) is 23.1. The monoisotopic (exact) mass is 383 g/mol. The van der Waals surface area contributed by atoms with Gasteiger partial charge < -0.3 is 16.0 Å². The number of anilines is 2. The Balaban J connectivity index is 0.00000288. The van der Waals surface area contributed by atoms with Gasteiger partial charge in [0.2, 0.25) is 5.91 Å². The lowest BCUT2D eigenvalue weighted by Gasteiger charge is -2.27. The van der Waals surface area contributed by atoms with E-state index in [1.54, 1.807) is 0 Å². The highest BCUT2D eigenvalue weighted by Gasteiger charge is 2.11. The minimum absolute atomic E-state index is 0. The number of halogens is 2. The van der Waals surface area contributed by atoms with Crippen LogP contribution in [0, 0.1) is 0 Å². The molecule has 138 valence electrons. The fraction of sp³-hybridized carbons (Fsp3) is 0.316. The molecule has 0 aliphatic heterocycles. The fourth-order valence-corrected chi connectivity index (χ4v) is 2.41. The summed E-state index contributed by atoms with van der Waals surface area (Å²) in [6.45, 7) is 2.72. The van der Waals surface area contributed by atoms with Crippen molar-refractivity contribution in [1.82, 2.24) is 5.32 Å². The summed E-state index contributed by atoms with van der Waals surface area (Å²) in [5.41, 5.74) is 8.81. The predicted octanol–water partition coefficient (Wildman–Crippen LogP) is 3.69. The van der Waals surface area contributed by atoms with Crippen molar-refractivity contribution in [2.45, 2.75) is 25.8 Å². The quantitative estimate of drug-likeness (QED) is 0.716. The first-order valence-electron chi connectivity index (χ1n) is 7.96. The summed E-state index contributed by atoms with van der Waals surface area (Å²) in [7, 11) is 2.04. The Morgan fingerprint density at radius 1 is 1.08 bits per heavy atom. The van der Waals surface area contributed by atoms with E-state index in [1.165, 1.54) is 0 Å². The van der Waals surface area contributed by atoms with Gasteiger partial charge in [0, 0.05) is 37.4 Å². The first-order valence-corrected chi connectivity index (χ1v) is 7.96. The van der Waals surface area contributed by atoms with Gasteiger partial charge in [-0.1, -0.05) is 36.4 Å². The molecule has 0 fully saturated rings. The van der Waals surface area contributed by atoms with Crippen molar-refractivity contribution in [2.24, 2.45) is 0 Å². The Labute approximate surface area is 162 Å². The number of aryl methyl sites for hydroxylation is 1. The van der Waals surface area contributed by atoms with E-state index in [0.717, 1.165) is 16.9 Å². The van der Waals surface area contributed by atoms with Crippen LogP contribution >= 0.6 is 24.8 Å². The van der Waals surface area contributed by atoms with Crippen LogP contribution < -0.4 is 16.0 Å². The van der Waals surface area contributed by atoms with Gasteiger partial charge in [0.05, 0.1) is 0 Å². The van der Waals surface area contributed by atoms with Gasteiger partial charge in [-0.2, -0.15) is 0 Å². The SMILES string of the molecule is CC(CNC(=O)CCc1ccccc1N)N(C)c1ccccc1.Cl.Cl. The number of hydrogen-bond donors (Lipinski definition) is 2. The minimum Gasteiger partial charge on any atom is -0.399 e. The molecule has 0 bridgehead atoms. The molecule has 25 heavy (non-hydrogen) atoms. The topological polar surface area (TPSA) is 58.4 Å². The molecule has 2 aromatic rings. The van der Waals surface area contributed by atoms with E-state index >= 15 is 0 Å². The molecule has 4 nitrogen and oxygen atoms in total. The maximum atomic E-state index is 12.0. The lowest BCUT2D eigenvalue weighted by molar-refractivity contribution is -0.121. The van der Waals surface area contributed by atoms with E-state index in [2.05, 4.69) is 29.3 Å². The molecule has 3 N–H and O–H groups in total. The molecule has 0 radical (unpaired) electrons. The Morgan fingerprint density at radius 3 is 2.32 bits per heavy atom. The number of benzene rings is 2. The zero-order chi connectivity index (χ0) is 16.7. The Bertz CT molecular complexity index is 638. The van der Waals surface area contributed by atoms with Gasteiger partial charge in [-0.15, -0.1) is 24.8 Å². The van der Waals surface area contributed by atoms with Crippen LogP contribution in [0.1, 0.15) is 18.9 Å². The molecule has 2 aromatic carbocycles. The van der Waals surface area contributed by atoms with Crippen LogP contribution in [-0.4, -0.2) is 25.5 Å². The molecule has 0 heterocycles. The van der Waals surface area contributed by atoms with Crippen molar-refractivity contribution >= 4 is 42.1 Å². The van der Waals surface area contributed by atoms with Crippen molar-refractivity contribution in [3.63, 3.8) is 0 Å². The van der Waals surface area contributed by atoms with Gasteiger partial charge in [0.25, 0.3) is 0 Å². The Kier molecular flexibility index (Phi) is 10.7. The third-order valence-corrected chi connectivity index (χ3v) is 4.10. The van der Waals surface area contributed by atoms with Crippen molar-refractivity contribution in [3.05, 3.63) is 60.2 Å². The molecular weight excluding hydrogens is 357 g/mol. The smallest absolute Gasteiger partial charge is 0.220 e. The lowest BCUT2D eigenvalue weighted by Crippen LogP contribution is -2.40. The molecule has 1 unspecified atom stereocenters. The predicted molar refractivity (Wildman–Crippen MR) is 111 cm³/mol. The highest BCUT2D eigenvalue weighted by Crippen LogP contribution is 2.14. The number of para-hydroxylation sites is 2. The van der Waals surface area contributed by atoms with Crippen LogP contribution in [0.15, 0.2) is 54.6 Å². The summed E-state index contributed by atoms with van der Waals surface area (Å²) in [5, 5.41) is 3.00. The largest absolute Gasteiger partial charge is 0.399 e. The molecule has 6 heteroatoms. The summed E-state index contributed by atoms with van der Waals surface area (Å²) >= 11 is 0. The maximum absolute atomic E-state index is 12.0. The zero-order valence-electron chi connectivity index (χ0n) is 14.6. The van der Waals surface area contributed by atoms with E-state index in [4.69, 9.17) is 5.73 Å². The number of nitrogens with one attached hydrogen (secondary N) is 1. The second-order valence-corrected chi connectivity index (χ2v) is 5.80. The molecular formula is C19H27Cl2N3O. The number of nitrogens with two attached hydrogens (primary N) is 1.